The molecule has 0 radical (unpaired) electrons. The van der Waals surface area contributed by atoms with Gasteiger partial charge in [0.2, 0.25) is 0 Å². The Morgan fingerprint density at radius 2 is 1.73 bits per heavy atom. The molecule has 2 saturated heterocycles. The van der Waals surface area contributed by atoms with Crippen molar-refractivity contribution < 1.29 is 34.0 Å². The number of benzene rings is 3. The van der Waals surface area contributed by atoms with Gasteiger partial charge in [0.15, 0.2) is 6.29 Å². The summed E-state index contributed by atoms with van der Waals surface area (Å²) in [5.74, 6) is -0.480. The molecule has 2 amide bonds. The number of ether oxygens (including phenoxy) is 3. The lowest BCUT2D eigenvalue weighted by atomic mass is 9.99. The highest BCUT2D eigenvalue weighted by Crippen LogP contribution is 2.39. The summed E-state index contributed by atoms with van der Waals surface area (Å²) in [4.78, 5) is 25.8. The van der Waals surface area contributed by atoms with Gasteiger partial charge in [0, 0.05) is 38.2 Å². The number of nitrogens with zero attached hydrogens (tertiary/aromatic N) is 1. The minimum Gasteiger partial charge on any atom is -0.465 e. The van der Waals surface area contributed by atoms with E-state index in [1.807, 2.05) is 72.8 Å². The number of carbonyl (C=O) groups excluding carboxylic acids is 2. The van der Waals surface area contributed by atoms with E-state index in [4.69, 9.17) is 14.2 Å². The van der Waals surface area contributed by atoms with E-state index in [9.17, 15) is 19.8 Å². The van der Waals surface area contributed by atoms with Crippen LogP contribution < -0.4 is 10.6 Å². The van der Waals surface area contributed by atoms with Crippen LogP contribution in [-0.4, -0.2) is 72.1 Å². The first kappa shape index (κ1) is 31.6. The van der Waals surface area contributed by atoms with Gasteiger partial charge in [0.05, 0.1) is 31.5 Å². The van der Waals surface area contributed by atoms with Gasteiger partial charge in [-0.1, -0.05) is 66.7 Å². The molecule has 0 aliphatic carbocycles. The van der Waals surface area contributed by atoms with Crippen LogP contribution in [0, 0.1) is 0 Å². The Balaban J connectivity index is 1.24. The van der Waals surface area contributed by atoms with Gasteiger partial charge in [-0.25, -0.2) is 4.79 Å². The van der Waals surface area contributed by atoms with Gasteiger partial charge < -0.3 is 35.1 Å². The molecule has 3 aromatic rings. The molecule has 2 fully saturated rings. The van der Waals surface area contributed by atoms with Crippen molar-refractivity contribution in [1.82, 2.24) is 15.5 Å². The molecule has 0 spiro atoms. The first-order valence-electron chi connectivity index (χ1n) is 15.2. The van der Waals surface area contributed by atoms with Gasteiger partial charge in [0.25, 0.3) is 0 Å². The summed E-state index contributed by atoms with van der Waals surface area (Å²) in [6, 6.07) is 23.4. The van der Waals surface area contributed by atoms with Crippen molar-refractivity contribution in [1.29, 1.82) is 0 Å². The Kier molecular flexibility index (Phi) is 11.0. The van der Waals surface area contributed by atoms with Crippen LogP contribution in [0.15, 0.2) is 72.8 Å². The van der Waals surface area contributed by atoms with Gasteiger partial charge in [-0.2, -0.15) is 0 Å². The third-order valence-corrected chi connectivity index (χ3v) is 7.92. The molecule has 0 bridgehead atoms. The number of aliphatic hydroxyl groups excluding tert-OH is 2. The number of hydrogen-bond donors (Lipinski definition) is 4. The van der Waals surface area contributed by atoms with E-state index < -0.39 is 18.3 Å². The highest BCUT2D eigenvalue weighted by atomic mass is 16.7. The average molecular weight is 604 g/mol. The number of β-amino-alcohol motifs (C(OH)–C–C–N with tert-alkyl or cyclic N) is 1. The Bertz CT molecular complexity index is 1380. The van der Waals surface area contributed by atoms with E-state index >= 15 is 0 Å². The third kappa shape index (κ3) is 8.64. The monoisotopic (exact) mass is 603 g/mol. The van der Waals surface area contributed by atoms with E-state index in [1.165, 1.54) is 0 Å². The maximum Gasteiger partial charge on any atom is 0.325 e. The molecular weight excluding hydrogens is 562 g/mol. The summed E-state index contributed by atoms with van der Waals surface area (Å²) >= 11 is 0. The number of likely N-dealkylation sites (tertiary alicyclic amines) is 1. The zero-order valence-electron chi connectivity index (χ0n) is 25.0. The molecule has 10 heteroatoms. The number of carbonyl (C=O) groups is 2. The van der Waals surface area contributed by atoms with Gasteiger partial charge in [-0.15, -0.1) is 0 Å². The summed E-state index contributed by atoms with van der Waals surface area (Å²) in [7, 11) is 0. The molecule has 0 unspecified atom stereocenters. The largest absolute Gasteiger partial charge is 0.465 e. The first-order valence-corrected chi connectivity index (χ1v) is 15.2. The molecule has 4 atom stereocenters. The summed E-state index contributed by atoms with van der Waals surface area (Å²) in [6.07, 6.45) is 0.392. The minimum atomic E-state index is -0.554. The topological polar surface area (TPSA) is 130 Å². The lowest BCUT2D eigenvalue weighted by molar-refractivity contribution is -0.252. The van der Waals surface area contributed by atoms with E-state index in [0.717, 1.165) is 52.9 Å². The van der Waals surface area contributed by atoms with Gasteiger partial charge in [0.1, 0.15) is 6.54 Å². The van der Waals surface area contributed by atoms with Crippen LogP contribution in [0.3, 0.4) is 0 Å². The van der Waals surface area contributed by atoms with Crippen molar-refractivity contribution in [3.05, 3.63) is 95.1 Å². The fourth-order valence-corrected chi connectivity index (χ4v) is 5.60. The van der Waals surface area contributed by atoms with Crippen molar-refractivity contribution >= 4 is 12.0 Å². The Morgan fingerprint density at radius 1 is 0.955 bits per heavy atom. The van der Waals surface area contributed by atoms with Crippen LogP contribution in [0.2, 0.25) is 0 Å². The predicted molar refractivity (Wildman–Crippen MR) is 164 cm³/mol. The quantitative estimate of drug-likeness (QED) is 0.244. The zero-order chi connectivity index (χ0) is 30.9. The number of amides is 2. The molecule has 4 N–H and O–H groups in total. The highest BCUT2D eigenvalue weighted by Gasteiger charge is 2.34. The SMILES string of the molecule is CCOC(=O)CNC(=O)NCc1cccc(-c2ccc([C@@H]3O[C@H](CN4CC[C@H](O)C4)C[C@H](c4ccc(CO)cc4)O3)cc2)c1. The van der Waals surface area contributed by atoms with E-state index in [-0.39, 0.29) is 38.1 Å². The van der Waals surface area contributed by atoms with E-state index in [2.05, 4.69) is 15.5 Å². The normalized spacial score (nSPS) is 22.0. The molecule has 2 aliphatic heterocycles. The van der Waals surface area contributed by atoms with E-state index in [1.54, 1.807) is 6.92 Å². The van der Waals surface area contributed by atoms with E-state index in [0.29, 0.717) is 19.5 Å². The highest BCUT2D eigenvalue weighted by molar-refractivity contribution is 5.80. The fourth-order valence-electron chi connectivity index (χ4n) is 5.60. The Labute approximate surface area is 257 Å². The zero-order valence-corrected chi connectivity index (χ0v) is 25.0. The number of hydrogen-bond acceptors (Lipinski definition) is 8. The Morgan fingerprint density at radius 3 is 2.43 bits per heavy atom. The maximum atomic E-state index is 12.1. The lowest BCUT2D eigenvalue weighted by Crippen LogP contribution is -2.38. The van der Waals surface area contributed by atoms with Crippen LogP contribution in [0.4, 0.5) is 4.79 Å². The third-order valence-electron chi connectivity index (χ3n) is 7.92. The molecule has 2 aliphatic rings. The van der Waals surface area contributed by atoms with Gasteiger partial charge >= 0.3 is 12.0 Å². The number of esters is 1. The van der Waals surface area contributed by atoms with Gasteiger partial charge in [-0.3, -0.25) is 9.69 Å². The second-order valence-electron chi connectivity index (χ2n) is 11.2. The smallest absolute Gasteiger partial charge is 0.325 e. The first-order chi connectivity index (χ1) is 21.4. The van der Waals surface area contributed by atoms with Crippen molar-refractivity contribution in [3.8, 4) is 11.1 Å². The van der Waals surface area contributed by atoms with Crippen LogP contribution in [0.5, 0.6) is 0 Å². The lowest BCUT2D eigenvalue weighted by Gasteiger charge is -2.37. The number of nitrogens with one attached hydrogen (secondary N) is 2. The summed E-state index contributed by atoms with van der Waals surface area (Å²) in [5, 5.41) is 24.7. The molecule has 44 heavy (non-hydrogen) atoms. The molecule has 234 valence electrons. The fraction of sp³-hybridized carbons (Fsp3) is 0.412. The molecular formula is C34H41N3O7. The van der Waals surface area contributed by atoms with Crippen LogP contribution in [0.25, 0.3) is 11.1 Å². The van der Waals surface area contributed by atoms with Crippen molar-refractivity contribution in [2.45, 2.75) is 57.5 Å². The van der Waals surface area contributed by atoms with Crippen molar-refractivity contribution in [3.63, 3.8) is 0 Å². The predicted octanol–water partition coefficient (Wildman–Crippen LogP) is 3.82. The van der Waals surface area contributed by atoms with Gasteiger partial charge in [-0.05, 0) is 47.2 Å². The Hall–Kier alpha value is -3.80. The van der Waals surface area contributed by atoms with Crippen LogP contribution in [-0.2, 0) is 32.2 Å². The molecule has 10 nitrogen and oxygen atoms in total. The van der Waals surface area contributed by atoms with Crippen LogP contribution >= 0.6 is 0 Å². The molecule has 5 rings (SSSR count). The number of aliphatic hydroxyl groups is 2. The molecule has 3 aromatic carbocycles. The summed E-state index contributed by atoms with van der Waals surface area (Å²) in [6.45, 7) is 4.33. The second kappa shape index (κ2) is 15.3. The van der Waals surface area contributed by atoms with Crippen LogP contribution in [0.1, 0.15) is 54.4 Å². The van der Waals surface area contributed by atoms with Crippen molar-refractivity contribution in [2.75, 3.05) is 32.8 Å². The average Bonchev–Trinajstić information content (AvgIpc) is 3.47. The second-order valence-corrected chi connectivity index (χ2v) is 11.2. The number of rotatable bonds is 11. The summed E-state index contributed by atoms with van der Waals surface area (Å²) < 4.78 is 17.8. The molecule has 0 aromatic heterocycles. The molecule has 0 saturated carbocycles. The summed E-state index contributed by atoms with van der Waals surface area (Å²) in [5.41, 5.74) is 5.73. The van der Waals surface area contributed by atoms with Crippen molar-refractivity contribution in [2.24, 2.45) is 0 Å². The minimum absolute atomic E-state index is 0.00429. The number of urea groups is 1. The standard InChI is InChI=1S/C34H41N3O7/c1-2-42-32(40)19-36-34(41)35-18-24-4-3-5-28(16-24)25-10-12-27(13-11-25)33-43-30(21-37-15-14-29(39)20-37)17-31(44-33)26-8-6-23(22-38)7-9-26/h3-13,16,29-31,33,38-39H,2,14-15,17-22H2,1H3,(H2,35,36,41)/t29-,30-,31+,33+/m0/s1. The maximum absolute atomic E-state index is 12.1. The molecule has 2 heterocycles.